The van der Waals surface area contributed by atoms with Crippen molar-refractivity contribution in [1.29, 1.82) is 0 Å². The van der Waals surface area contributed by atoms with Gasteiger partial charge in [-0.3, -0.25) is 9.59 Å². The highest BCUT2D eigenvalue weighted by atomic mass is 35.5. The molecule has 33 heavy (non-hydrogen) atoms. The molecule has 0 spiro atoms. The molecule has 2 aromatic carbocycles. The third kappa shape index (κ3) is 3.89. The van der Waals surface area contributed by atoms with Crippen LogP contribution >= 0.6 is 23.2 Å². The van der Waals surface area contributed by atoms with E-state index >= 15 is 0 Å². The number of halogens is 3. The van der Waals surface area contributed by atoms with E-state index in [1.54, 1.807) is 24.3 Å². The molecule has 0 N–H and O–H groups in total. The molecule has 0 bridgehead atoms. The van der Waals surface area contributed by atoms with Crippen molar-refractivity contribution in [3.63, 3.8) is 0 Å². The zero-order valence-corrected chi connectivity index (χ0v) is 18.6. The number of hydrogen-bond acceptors (Lipinski definition) is 6. The van der Waals surface area contributed by atoms with E-state index in [-0.39, 0.29) is 34.8 Å². The standard InChI is InChI=1S/C23H16Cl2FN3O4/c24-15-8-4-3-7-14(15)21-27-20(33-28-21)11-32-19-10-18(17(26)9-16(19)25)29-22(30)12-5-1-2-6-13(12)23(29)31/h3-4,7-10H,1-2,5-6,11H2. The van der Waals surface area contributed by atoms with Crippen LogP contribution in [0.4, 0.5) is 10.1 Å². The summed E-state index contributed by atoms with van der Waals surface area (Å²) in [4.78, 5) is 30.7. The molecule has 0 saturated carbocycles. The van der Waals surface area contributed by atoms with Gasteiger partial charge in [-0.15, -0.1) is 0 Å². The normalized spacial score (nSPS) is 15.9. The molecule has 0 radical (unpaired) electrons. The molecule has 1 aromatic heterocycles. The molecule has 1 aliphatic carbocycles. The lowest BCUT2D eigenvalue weighted by atomic mass is 9.93. The summed E-state index contributed by atoms with van der Waals surface area (Å²) in [7, 11) is 0. The Bertz CT molecular complexity index is 1290. The minimum Gasteiger partial charge on any atom is -0.482 e. The van der Waals surface area contributed by atoms with Crippen molar-refractivity contribution in [1.82, 2.24) is 10.1 Å². The molecule has 2 aliphatic rings. The third-order valence-corrected chi connectivity index (χ3v) is 6.19. The molecule has 0 unspecified atom stereocenters. The van der Waals surface area contributed by atoms with Gasteiger partial charge in [0, 0.05) is 22.8 Å². The van der Waals surface area contributed by atoms with Gasteiger partial charge in [0.25, 0.3) is 17.7 Å². The zero-order chi connectivity index (χ0) is 23.1. The predicted octanol–water partition coefficient (Wildman–Crippen LogP) is 5.51. The highest BCUT2D eigenvalue weighted by molar-refractivity contribution is 6.34. The summed E-state index contributed by atoms with van der Waals surface area (Å²) in [5.74, 6) is -1.30. The highest BCUT2D eigenvalue weighted by Crippen LogP contribution is 2.39. The fraction of sp³-hybridized carbons (Fsp3) is 0.217. The fourth-order valence-electron chi connectivity index (χ4n) is 3.96. The van der Waals surface area contributed by atoms with E-state index in [2.05, 4.69) is 10.1 Å². The number of ether oxygens (including phenoxy) is 1. The number of nitrogens with zero attached hydrogens (tertiary/aromatic N) is 3. The Balaban J connectivity index is 1.38. The van der Waals surface area contributed by atoms with Gasteiger partial charge in [0.1, 0.15) is 11.6 Å². The van der Waals surface area contributed by atoms with E-state index in [4.69, 9.17) is 32.5 Å². The smallest absolute Gasteiger partial charge is 0.264 e. The second kappa shape index (κ2) is 8.61. The molecular weight excluding hydrogens is 472 g/mol. The number of rotatable bonds is 5. The van der Waals surface area contributed by atoms with Crippen LogP contribution in [-0.2, 0) is 16.2 Å². The van der Waals surface area contributed by atoms with Gasteiger partial charge in [0.05, 0.1) is 15.7 Å². The van der Waals surface area contributed by atoms with Crippen molar-refractivity contribution < 1.29 is 23.2 Å². The minimum absolute atomic E-state index is 0.0288. The molecule has 10 heteroatoms. The number of benzene rings is 2. The lowest BCUT2D eigenvalue weighted by Gasteiger charge is -2.18. The van der Waals surface area contributed by atoms with Crippen LogP contribution in [0, 0.1) is 5.82 Å². The van der Waals surface area contributed by atoms with Gasteiger partial charge in [-0.25, -0.2) is 9.29 Å². The first-order valence-corrected chi connectivity index (χ1v) is 11.0. The van der Waals surface area contributed by atoms with Crippen molar-refractivity contribution in [2.45, 2.75) is 32.3 Å². The predicted molar refractivity (Wildman–Crippen MR) is 118 cm³/mol. The average molecular weight is 488 g/mol. The Kier molecular flexibility index (Phi) is 5.64. The van der Waals surface area contributed by atoms with Crippen molar-refractivity contribution in [3.8, 4) is 17.1 Å². The van der Waals surface area contributed by atoms with Crippen LogP contribution in [-0.4, -0.2) is 22.0 Å². The highest BCUT2D eigenvalue weighted by Gasteiger charge is 2.41. The minimum atomic E-state index is -0.798. The van der Waals surface area contributed by atoms with Crippen LogP contribution in [0.3, 0.4) is 0 Å². The van der Waals surface area contributed by atoms with E-state index in [1.807, 2.05) is 0 Å². The summed E-state index contributed by atoms with van der Waals surface area (Å²) in [6.45, 7) is -0.168. The van der Waals surface area contributed by atoms with Crippen molar-refractivity contribution in [3.05, 3.63) is 69.3 Å². The van der Waals surface area contributed by atoms with Crippen molar-refractivity contribution in [2.75, 3.05) is 4.90 Å². The van der Waals surface area contributed by atoms with Gasteiger partial charge >= 0.3 is 0 Å². The monoisotopic (exact) mass is 487 g/mol. The third-order valence-electron chi connectivity index (χ3n) is 5.57. The molecular formula is C23H16Cl2FN3O4. The maximum absolute atomic E-state index is 14.7. The van der Waals surface area contributed by atoms with Crippen LogP contribution in [0.25, 0.3) is 11.4 Å². The second-order valence-electron chi connectivity index (χ2n) is 7.62. The fourth-order valence-corrected chi connectivity index (χ4v) is 4.39. The number of hydrogen-bond donors (Lipinski definition) is 0. The first-order valence-electron chi connectivity index (χ1n) is 10.2. The molecule has 0 fully saturated rings. The van der Waals surface area contributed by atoms with E-state index in [9.17, 15) is 14.0 Å². The first-order chi connectivity index (χ1) is 15.9. The van der Waals surface area contributed by atoms with Gasteiger partial charge in [-0.2, -0.15) is 4.98 Å². The van der Waals surface area contributed by atoms with Crippen molar-refractivity contribution in [2.24, 2.45) is 0 Å². The van der Waals surface area contributed by atoms with Gasteiger partial charge in [0.2, 0.25) is 5.82 Å². The first kappa shape index (κ1) is 21.6. The van der Waals surface area contributed by atoms with Crippen LogP contribution in [0.1, 0.15) is 31.6 Å². The molecule has 0 atom stereocenters. The van der Waals surface area contributed by atoms with Crippen LogP contribution < -0.4 is 9.64 Å². The summed E-state index contributed by atoms with van der Waals surface area (Å²) in [5, 5.41) is 4.33. The lowest BCUT2D eigenvalue weighted by molar-refractivity contribution is -0.120. The maximum Gasteiger partial charge on any atom is 0.264 e. The van der Waals surface area contributed by atoms with Crippen LogP contribution in [0.15, 0.2) is 52.1 Å². The zero-order valence-electron chi connectivity index (χ0n) is 17.1. The van der Waals surface area contributed by atoms with E-state index in [1.165, 1.54) is 6.07 Å². The number of imide groups is 1. The number of amides is 2. The summed E-state index contributed by atoms with van der Waals surface area (Å²) >= 11 is 12.3. The largest absolute Gasteiger partial charge is 0.482 e. The summed E-state index contributed by atoms with van der Waals surface area (Å²) in [6.07, 6.45) is 2.67. The Hall–Kier alpha value is -3.23. The van der Waals surface area contributed by atoms with Gasteiger partial charge < -0.3 is 9.26 Å². The number of carbonyl (C=O) groups excluding carboxylic acids is 2. The second-order valence-corrected chi connectivity index (χ2v) is 8.44. The summed E-state index contributed by atoms with van der Waals surface area (Å²) < 4.78 is 25.6. The summed E-state index contributed by atoms with van der Waals surface area (Å²) in [5.41, 5.74) is 1.31. The molecule has 0 saturated heterocycles. The van der Waals surface area contributed by atoms with Crippen LogP contribution in [0.5, 0.6) is 5.75 Å². The molecule has 2 heterocycles. The maximum atomic E-state index is 14.7. The average Bonchev–Trinajstić information content (AvgIpc) is 3.37. The number of aromatic nitrogens is 2. The SMILES string of the molecule is O=C1C2=C(CCCC2)C(=O)N1c1cc(OCc2nc(-c3ccccc3Cl)no2)c(Cl)cc1F. The van der Waals surface area contributed by atoms with Gasteiger partial charge in [0.15, 0.2) is 6.61 Å². The van der Waals surface area contributed by atoms with E-state index in [0.717, 1.165) is 23.8 Å². The summed E-state index contributed by atoms with van der Waals surface area (Å²) in [6, 6.07) is 9.27. The quantitative estimate of drug-likeness (QED) is 0.441. The van der Waals surface area contributed by atoms with Gasteiger partial charge in [-0.1, -0.05) is 40.5 Å². The Labute approximate surface area is 197 Å². The topological polar surface area (TPSA) is 85.5 Å². The van der Waals surface area contributed by atoms with Crippen LogP contribution in [0.2, 0.25) is 10.0 Å². The molecule has 3 aromatic rings. The number of anilines is 1. The molecule has 2 amide bonds. The Morgan fingerprint density at radius 2 is 1.73 bits per heavy atom. The number of carbonyl (C=O) groups is 2. The van der Waals surface area contributed by atoms with E-state index < -0.39 is 17.6 Å². The molecule has 5 rings (SSSR count). The Morgan fingerprint density at radius 1 is 1.03 bits per heavy atom. The van der Waals surface area contributed by atoms with Gasteiger partial charge in [-0.05, 0) is 43.9 Å². The van der Waals surface area contributed by atoms with E-state index in [0.29, 0.717) is 34.6 Å². The lowest BCUT2D eigenvalue weighted by Crippen LogP contribution is -2.32. The van der Waals surface area contributed by atoms with Crippen molar-refractivity contribution >= 4 is 40.7 Å². The molecule has 168 valence electrons. The molecule has 1 aliphatic heterocycles. The molecule has 7 nitrogen and oxygen atoms in total. The Morgan fingerprint density at radius 3 is 2.42 bits per heavy atom.